The summed E-state index contributed by atoms with van der Waals surface area (Å²) in [7, 11) is 1.81. The van der Waals surface area contributed by atoms with Gasteiger partial charge in [0.2, 0.25) is 0 Å². The highest BCUT2D eigenvalue weighted by Gasteiger charge is 2.30. The maximum atomic E-state index is 12.9. The van der Waals surface area contributed by atoms with E-state index in [0.717, 1.165) is 23.3 Å². The fraction of sp³-hybridized carbons (Fsp3) is 0.167. The molecule has 27 heavy (non-hydrogen) atoms. The molecule has 0 saturated heterocycles. The van der Waals surface area contributed by atoms with Crippen molar-refractivity contribution in [3.8, 4) is 11.1 Å². The van der Waals surface area contributed by atoms with Crippen LogP contribution in [0.5, 0.6) is 0 Å². The van der Waals surface area contributed by atoms with Crippen LogP contribution >= 0.6 is 0 Å². The smallest absolute Gasteiger partial charge is 0.380 e. The summed E-state index contributed by atoms with van der Waals surface area (Å²) in [6.45, 7) is 0.149. The molecule has 0 amide bonds. The lowest BCUT2D eigenvalue weighted by molar-refractivity contribution is -0.137. The predicted molar refractivity (Wildman–Crippen MR) is 94.7 cm³/mol. The Bertz CT molecular complexity index is 1130. The molecule has 1 aromatic carbocycles. The van der Waals surface area contributed by atoms with Gasteiger partial charge in [-0.3, -0.25) is 14.3 Å². The average Bonchev–Trinajstić information content (AvgIpc) is 3.18. The van der Waals surface area contributed by atoms with Crippen LogP contribution in [-0.4, -0.2) is 24.5 Å². The van der Waals surface area contributed by atoms with Crippen LogP contribution in [0.1, 0.15) is 11.1 Å². The minimum absolute atomic E-state index is 0.149. The normalized spacial score (nSPS) is 12.0. The Morgan fingerprint density at radius 1 is 1.11 bits per heavy atom. The minimum atomic E-state index is -4.39. The first-order valence-corrected chi connectivity index (χ1v) is 8.08. The highest BCUT2D eigenvalue weighted by Crippen LogP contribution is 2.30. The Hall–Kier alpha value is -3.36. The number of hydrogen-bond acceptors (Lipinski definition) is 4. The molecule has 0 bridgehead atoms. The van der Waals surface area contributed by atoms with Crippen molar-refractivity contribution < 1.29 is 13.2 Å². The van der Waals surface area contributed by atoms with Crippen LogP contribution in [0.15, 0.2) is 48.9 Å². The second-order valence-electron chi connectivity index (χ2n) is 6.24. The molecule has 4 aromatic rings. The van der Waals surface area contributed by atoms with Crippen LogP contribution < -0.4 is 5.73 Å². The number of aryl methyl sites for hydroxylation is 1. The van der Waals surface area contributed by atoms with Gasteiger partial charge in [0.1, 0.15) is 5.52 Å². The molecule has 0 atom stereocenters. The summed E-state index contributed by atoms with van der Waals surface area (Å²) < 4.78 is 42.1. The van der Waals surface area contributed by atoms with Crippen LogP contribution in [-0.2, 0) is 19.8 Å². The summed E-state index contributed by atoms with van der Waals surface area (Å²) in [6.07, 6.45) is 0.835. The van der Waals surface area contributed by atoms with E-state index in [4.69, 9.17) is 5.73 Å². The van der Waals surface area contributed by atoms with E-state index in [1.165, 1.54) is 6.07 Å². The maximum Gasteiger partial charge on any atom is 0.416 e. The number of nitrogen functional groups attached to an aromatic ring is 1. The molecule has 0 aliphatic rings. The number of rotatable bonds is 3. The number of aromatic nitrogens is 5. The van der Waals surface area contributed by atoms with E-state index in [2.05, 4.69) is 15.2 Å². The van der Waals surface area contributed by atoms with Gasteiger partial charge in [-0.2, -0.15) is 23.4 Å². The number of fused-ring (bicyclic) bond motifs is 1. The van der Waals surface area contributed by atoms with Crippen LogP contribution in [0.4, 0.5) is 19.0 Å². The Morgan fingerprint density at radius 2 is 1.93 bits per heavy atom. The van der Waals surface area contributed by atoms with E-state index in [1.54, 1.807) is 27.8 Å². The Labute approximate surface area is 152 Å². The predicted octanol–water partition coefficient (Wildman–Crippen LogP) is 3.48. The van der Waals surface area contributed by atoms with Gasteiger partial charge in [-0.15, -0.1) is 0 Å². The van der Waals surface area contributed by atoms with Gasteiger partial charge in [-0.1, -0.05) is 12.1 Å². The van der Waals surface area contributed by atoms with E-state index < -0.39 is 11.7 Å². The van der Waals surface area contributed by atoms with Gasteiger partial charge in [0.15, 0.2) is 5.82 Å². The molecule has 0 aliphatic heterocycles. The third-order valence-corrected chi connectivity index (χ3v) is 4.24. The highest BCUT2D eigenvalue weighted by molar-refractivity contribution is 5.88. The summed E-state index contributed by atoms with van der Waals surface area (Å²) in [4.78, 5) is 4.36. The van der Waals surface area contributed by atoms with E-state index in [-0.39, 0.29) is 12.4 Å². The first kappa shape index (κ1) is 17.1. The van der Waals surface area contributed by atoms with Crippen molar-refractivity contribution in [1.29, 1.82) is 0 Å². The molecular weight excluding hydrogens is 357 g/mol. The topological polar surface area (TPSA) is 74.6 Å². The Balaban J connectivity index is 1.76. The fourth-order valence-corrected chi connectivity index (χ4v) is 2.95. The average molecular weight is 372 g/mol. The van der Waals surface area contributed by atoms with Gasteiger partial charge >= 0.3 is 6.18 Å². The second-order valence-corrected chi connectivity index (χ2v) is 6.24. The molecule has 3 aromatic heterocycles. The molecule has 0 spiro atoms. The van der Waals surface area contributed by atoms with Crippen LogP contribution in [0.2, 0.25) is 0 Å². The Kier molecular flexibility index (Phi) is 3.87. The quantitative estimate of drug-likeness (QED) is 0.597. The number of nitrogens with zero attached hydrogens (tertiary/aromatic N) is 5. The molecule has 3 heterocycles. The summed E-state index contributed by atoms with van der Waals surface area (Å²) in [6, 6.07) is 7.02. The maximum absolute atomic E-state index is 12.9. The first-order chi connectivity index (χ1) is 12.8. The fourth-order valence-electron chi connectivity index (χ4n) is 2.95. The summed E-state index contributed by atoms with van der Waals surface area (Å²) in [5.74, 6) is 0.231. The van der Waals surface area contributed by atoms with Crippen LogP contribution in [0, 0.1) is 0 Å². The molecule has 2 N–H and O–H groups in total. The lowest BCUT2D eigenvalue weighted by atomic mass is 10.1. The monoisotopic (exact) mass is 372 g/mol. The number of alkyl halides is 3. The van der Waals surface area contributed by atoms with Crippen molar-refractivity contribution in [3.63, 3.8) is 0 Å². The molecule has 6 nitrogen and oxygen atoms in total. The molecule has 138 valence electrons. The largest absolute Gasteiger partial charge is 0.416 e. The number of hydrogen-bond donors (Lipinski definition) is 1. The second kappa shape index (κ2) is 6.11. The SMILES string of the molecule is Cn1cc(-c2cnc3c(N)nn(Cc4cccc(C(F)(F)F)c4)c3c2)cn1. The minimum Gasteiger partial charge on any atom is -0.380 e. The zero-order chi connectivity index (χ0) is 19.2. The number of benzene rings is 1. The summed E-state index contributed by atoms with van der Waals surface area (Å²) in [5, 5.41) is 8.38. The van der Waals surface area contributed by atoms with E-state index in [1.807, 2.05) is 19.3 Å². The molecule has 9 heteroatoms. The number of anilines is 1. The zero-order valence-electron chi connectivity index (χ0n) is 14.3. The summed E-state index contributed by atoms with van der Waals surface area (Å²) in [5.41, 5.74) is 8.56. The van der Waals surface area contributed by atoms with Gasteiger partial charge in [0.25, 0.3) is 0 Å². The van der Waals surface area contributed by atoms with Crippen LogP contribution in [0.3, 0.4) is 0 Å². The standard InChI is InChI=1S/C18H15F3N6/c1-26-10-13(8-24-26)12-6-15-16(23-7-12)17(22)25-27(15)9-11-3-2-4-14(5-11)18(19,20)21/h2-8,10H,9H2,1H3,(H2,22,25). The van der Waals surface area contributed by atoms with Crippen molar-refractivity contribution in [1.82, 2.24) is 24.5 Å². The van der Waals surface area contributed by atoms with Crippen molar-refractivity contribution in [2.75, 3.05) is 5.73 Å². The van der Waals surface area contributed by atoms with Gasteiger partial charge in [-0.05, 0) is 23.8 Å². The molecule has 0 radical (unpaired) electrons. The number of nitrogens with two attached hydrogens (primary N) is 1. The van der Waals surface area contributed by atoms with Gasteiger partial charge in [0.05, 0.1) is 23.8 Å². The van der Waals surface area contributed by atoms with Crippen molar-refractivity contribution in [2.24, 2.45) is 7.05 Å². The third-order valence-electron chi connectivity index (χ3n) is 4.24. The summed E-state index contributed by atoms with van der Waals surface area (Å²) >= 11 is 0. The number of pyridine rings is 1. The van der Waals surface area contributed by atoms with Crippen molar-refractivity contribution in [2.45, 2.75) is 12.7 Å². The molecule has 0 saturated carbocycles. The van der Waals surface area contributed by atoms with Crippen molar-refractivity contribution in [3.05, 3.63) is 60.0 Å². The first-order valence-electron chi connectivity index (χ1n) is 8.08. The van der Waals surface area contributed by atoms with E-state index >= 15 is 0 Å². The van der Waals surface area contributed by atoms with Gasteiger partial charge in [-0.25, -0.2) is 0 Å². The van der Waals surface area contributed by atoms with Gasteiger partial charge in [0, 0.05) is 30.6 Å². The van der Waals surface area contributed by atoms with E-state index in [9.17, 15) is 13.2 Å². The molecule has 0 fully saturated rings. The number of halogens is 3. The molecule has 0 unspecified atom stereocenters. The highest BCUT2D eigenvalue weighted by atomic mass is 19.4. The third kappa shape index (κ3) is 3.23. The van der Waals surface area contributed by atoms with Crippen molar-refractivity contribution >= 4 is 16.9 Å². The van der Waals surface area contributed by atoms with Gasteiger partial charge < -0.3 is 5.73 Å². The van der Waals surface area contributed by atoms with E-state index in [0.29, 0.717) is 16.6 Å². The molecule has 4 rings (SSSR count). The Morgan fingerprint density at radius 3 is 2.63 bits per heavy atom. The zero-order valence-corrected chi connectivity index (χ0v) is 14.3. The lowest BCUT2D eigenvalue weighted by Crippen LogP contribution is -2.07. The molecule has 0 aliphatic carbocycles. The molecular formula is C18H15F3N6. The van der Waals surface area contributed by atoms with Crippen LogP contribution in [0.25, 0.3) is 22.2 Å². The lowest BCUT2D eigenvalue weighted by Gasteiger charge is -2.09.